The molecular formula is C14H19FN2O2. The maximum absolute atomic E-state index is 13.2. The van der Waals surface area contributed by atoms with Crippen LogP contribution >= 0.6 is 0 Å². The average molecular weight is 266 g/mol. The zero-order valence-corrected chi connectivity index (χ0v) is 11.3. The van der Waals surface area contributed by atoms with Gasteiger partial charge in [-0.15, -0.1) is 0 Å². The van der Waals surface area contributed by atoms with Gasteiger partial charge in [-0.3, -0.25) is 4.90 Å². The smallest absolute Gasteiger partial charge is 0.327 e. The molecule has 1 heterocycles. The fourth-order valence-corrected chi connectivity index (χ4v) is 2.47. The van der Waals surface area contributed by atoms with E-state index in [1.807, 2.05) is 6.92 Å². The topological polar surface area (TPSA) is 41.6 Å². The molecule has 1 aromatic rings. The van der Waals surface area contributed by atoms with E-state index in [0.717, 1.165) is 37.3 Å². The normalized spacial score (nSPS) is 18.1. The molecule has 0 aromatic heterocycles. The molecule has 1 aliphatic rings. The molecule has 4 nitrogen and oxygen atoms in total. The van der Waals surface area contributed by atoms with E-state index < -0.39 is 6.04 Å². The van der Waals surface area contributed by atoms with Crippen molar-refractivity contribution in [1.82, 2.24) is 10.2 Å². The van der Waals surface area contributed by atoms with Crippen LogP contribution in [0.25, 0.3) is 0 Å². The van der Waals surface area contributed by atoms with Crippen LogP contribution in [0.3, 0.4) is 0 Å². The largest absolute Gasteiger partial charge is 0.468 e. The van der Waals surface area contributed by atoms with Gasteiger partial charge in [0, 0.05) is 26.2 Å². The molecule has 19 heavy (non-hydrogen) atoms. The summed E-state index contributed by atoms with van der Waals surface area (Å²) in [5.74, 6) is -0.582. The lowest BCUT2D eigenvalue weighted by atomic mass is 9.99. The van der Waals surface area contributed by atoms with Gasteiger partial charge >= 0.3 is 5.97 Å². The van der Waals surface area contributed by atoms with E-state index in [0.29, 0.717) is 0 Å². The predicted molar refractivity (Wildman–Crippen MR) is 70.3 cm³/mol. The van der Waals surface area contributed by atoms with E-state index in [9.17, 15) is 9.18 Å². The predicted octanol–water partition coefficient (Wildman–Crippen LogP) is 1.25. The highest BCUT2D eigenvalue weighted by molar-refractivity contribution is 5.78. The Morgan fingerprint density at radius 3 is 2.68 bits per heavy atom. The Morgan fingerprint density at radius 2 is 2.11 bits per heavy atom. The Hall–Kier alpha value is -1.46. The number of carbonyl (C=O) groups is 1. The van der Waals surface area contributed by atoms with Gasteiger partial charge in [-0.25, -0.2) is 9.18 Å². The standard InChI is InChI=1S/C14H19FN2O2/c1-10-9-11(15)3-4-12(10)13(14(18)19-2)17-7-5-16-6-8-17/h3-4,9,13,16H,5-8H2,1-2H3. The molecule has 0 spiro atoms. The number of nitrogens with zero attached hydrogens (tertiary/aromatic N) is 1. The van der Waals surface area contributed by atoms with Gasteiger partial charge < -0.3 is 10.1 Å². The summed E-state index contributed by atoms with van der Waals surface area (Å²) in [5.41, 5.74) is 1.59. The van der Waals surface area contributed by atoms with Gasteiger partial charge in [0.2, 0.25) is 0 Å². The van der Waals surface area contributed by atoms with Gasteiger partial charge in [-0.1, -0.05) is 6.07 Å². The number of hydrogen-bond donors (Lipinski definition) is 1. The number of esters is 1. The minimum Gasteiger partial charge on any atom is -0.468 e. The van der Waals surface area contributed by atoms with Crippen LogP contribution in [0.4, 0.5) is 4.39 Å². The molecule has 1 fully saturated rings. The summed E-state index contributed by atoms with van der Waals surface area (Å²) < 4.78 is 18.1. The van der Waals surface area contributed by atoms with Gasteiger partial charge in [0.1, 0.15) is 11.9 Å². The van der Waals surface area contributed by atoms with Crippen LogP contribution < -0.4 is 5.32 Å². The third-order valence-electron chi connectivity index (χ3n) is 3.47. The molecule has 0 aliphatic carbocycles. The molecule has 0 amide bonds. The van der Waals surface area contributed by atoms with E-state index in [4.69, 9.17) is 4.74 Å². The van der Waals surface area contributed by atoms with Crippen molar-refractivity contribution in [2.24, 2.45) is 0 Å². The number of rotatable bonds is 3. The number of nitrogens with one attached hydrogen (secondary N) is 1. The number of piperazine rings is 1. The number of carbonyl (C=O) groups excluding carboxylic acids is 1. The van der Waals surface area contributed by atoms with Crippen LogP contribution in [0.15, 0.2) is 18.2 Å². The summed E-state index contributed by atoms with van der Waals surface area (Å²) >= 11 is 0. The van der Waals surface area contributed by atoms with Crippen molar-refractivity contribution >= 4 is 5.97 Å². The molecule has 1 N–H and O–H groups in total. The quantitative estimate of drug-likeness (QED) is 0.836. The molecule has 1 atom stereocenters. The molecule has 0 bridgehead atoms. The number of ether oxygens (including phenoxy) is 1. The summed E-state index contributed by atoms with van der Waals surface area (Å²) in [7, 11) is 1.39. The Bertz CT molecular complexity index is 459. The first kappa shape index (κ1) is 14.0. The number of hydrogen-bond acceptors (Lipinski definition) is 4. The maximum atomic E-state index is 13.2. The fraction of sp³-hybridized carbons (Fsp3) is 0.500. The van der Waals surface area contributed by atoms with Crippen molar-refractivity contribution in [3.8, 4) is 0 Å². The van der Waals surface area contributed by atoms with E-state index in [1.54, 1.807) is 6.07 Å². The maximum Gasteiger partial charge on any atom is 0.327 e. The highest BCUT2D eigenvalue weighted by atomic mass is 19.1. The molecule has 2 rings (SSSR count). The van der Waals surface area contributed by atoms with Crippen LogP contribution in [0.5, 0.6) is 0 Å². The van der Waals surface area contributed by atoms with Crippen LogP contribution in [-0.4, -0.2) is 44.2 Å². The molecule has 1 saturated heterocycles. The zero-order chi connectivity index (χ0) is 13.8. The monoisotopic (exact) mass is 266 g/mol. The van der Waals surface area contributed by atoms with E-state index in [2.05, 4.69) is 10.2 Å². The van der Waals surface area contributed by atoms with Gasteiger partial charge in [-0.05, 0) is 30.2 Å². The summed E-state index contributed by atoms with van der Waals surface area (Å²) in [5, 5.41) is 3.25. The molecule has 0 saturated carbocycles. The Labute approximate surface area is 112 Å². The summed E-state index contributed by atoms with van der Waals surface area (Å²) in [6.07, 6.45) is 0. The van der Waals surface area contributed by atoms with Crippen LogP contribution in [0.2, 0.25) is 0 Å². The van der Waals surface area contributed by atoms with Crippen molar-refractivity contribution in [3.05, 3.63) is 35.1 Å². The summed E-state index contributed by atoms with van der Waals surface area (Å²) in [6.45, 7) is 5.05. The lowest BCUT2D eigenvalue weighted by molar-refractivity contribution is -0.147. The zero-order valence-electron chi connectivity index (χ0n) is 11.3. The number of benzene rings is 1. The van der Waals surface area contributed by atoms with E-state index in [-0.39, 0.29) is 11.8 Å². The van der Waals surface area contributed by atoms with E-state index >= 15 is 0 Å². The molecule has 1 aliphatic heterocycles. The average Bonchev–Trinajstić information content (AvgIpc) is 2.42. The van der Waals surface area contributed by atoms with Crippen molar-refractivity contribution in [3.63, 3.8) is 0 Å². The first-order chi connectivity index (χ1) is 9.13. The first-order valence-corrected chi connectivity index (χ1v) is 6.42. The second kappa shape index (κ2) is 6.12. The van der Waals surface area contributed by atoms with Crippen LogP contribution in [-0.2, 0) is 9.53 Å². The fourth-order valence-electron chi connectivity index (χ4n) is 2.47. The number of halogens is 1. The summed E-state index contributed by atoms with van der Waals surface area (Å²) in [4.78, 5) is 14.1. The van der Waals surface area contributed by atoms with Crippen LogP contribution in [0, 0.1) is 12.7 Å². The Kier molecular flexibility index (Phi) is 4.50. The van der Waals surface area contributed by atoms with E-state index in [1.165, 1.54) is 19.2 Å². The molecule has 5 heteroatoms. The number of aryl methyl sites for hydroxylation is 1. The SMILES string of the molecule is COC(=O)C(c1ccc(F)cc1C)N1CCNCC1. The van der Waals surface area contributed by atoms with Crippen molar-refractivity contribution in [2.45, 2.75) is 13.0 Å². The molecule has 1 unspecified atom stereocenters. The Morgan fingerprint density at radius 1 is 1.42 bits per heavy atom. The minimum absolute atomic E-state index is 0.287. The molecule has 1 aromatic carbocycles. The number of methoxy groups -OCH3 is 1. The second-order valence-corrected chi connectivity index (χ2v) is 4.71. The highest BCUT2D eigenvalue weighted by Crippen LogP contribution is 2.26. The molecular weight excluding hydrogens is 247 g/mol. The van der Waals surface area contributed by atoms with Crippen molar-refractivity contribution in [2.75, 3.05) is 33.3 Å². The van der Waals surface area contributed by atoms with Crippen LogP contribution in [0.1, 0.15) is 17.2 Å². The Balaban J connectivity index is 2.33. The van der Waals surface area contributed by atoms with Gasteiger partial charge in [0.25, 0.3) is 0 Å². The minimum atomic E-state index is -0.451. The van der Waals surface area contributed by atoms with Crippen molar-refractivity contribution in [1.29, 1.82) is 0 Å². The molecule has 104 valence electrons. The summed E-state index contributed by atoms with van der Waals surface area (Å²) in [6, 6.07) is 4.06. The van der Waals surface area contributed by atoms with Gasteiger partial charge in [0.05, 0.1) is 7.11 Å². The van der Waals surface area contributed by atoms with Gasteiger partial charge in [0.15, 0.2) is 0 Å². The lowest BCUT2D eigenvalue weighted by Crippen LogP contribution is -2.47. The van der Waals surface area contributed by atoms with Gasteiger partial charge in [-0.2, -0.15) is 0 Å². The van der Waals surface area contributed by atoms with Crippen molar-refractivity contribution < 1.29 is 13.9 Å². The molecule has 0 radical (unpaired) electrons. The first-order valence-electron chi connectivity index (χ1n) is 6.42. The lowest BCUT2D eigenvalue weighted by Gasteiger charge is -2.34. The third kappa shape index (κ3) is 3.11. The second-order valence-electron chi connectivity index (χ2n) is 4.71. The highest BCUT2D eigenvalue weighted by Gasteiger charge is 2.30. The third-order valence-corrected chi connectivity index (χ3v) is 3.47.